The van der Waals surface area contributed by atoms with Gasteiger partial charge < -0.3 is 14.8 Å². The first-order valence-electron chi connectivity index (χ1n) is 8.83. The number of nitrogens with one attached hydrogen (secondary N) is 1. The van der Waals surface area contributed by atoms with Crippen LogP contribution in [-0.4, -0.2) is 26.1 Å². The normalized spacial score (nSPS) is 13.2. The lowest BCUT2D eigenvalue weighted by Gasteiger charge is -2.11. The molecule has 0 radical (unpaired) electrons. The van der Waals surface area contributed by atoms with E-state index < -0.39 is 5.97 Å². The molecular formula is C20H18ClNO4S2. The van der Waals surface area contributed by atoms with Crippen molar-refractivity contribution in [1.82, 2.24) is 0 Å². The minimum absolute atomic E-state index is 0.325. The maximum absolute atomic E-state index is 13.0. The third kappa shape index (κ3) is 3.27. The summed E-state index contributed by atoms with van der Waals surface area (Å²) in [7, 11) is 2.94. The minimum Gasteiger partial charge on any atom is -0.497 e. The number of methoxy groups -OCH3 is 2. The molecule has 0 bridgehead atoms. The van der Waals surface area contributed by atoms with Gasteiger partial charge in [-0.15, -0.1) is 22.7 Å². The van der Waals surface area contributed by atoms with E-state index in [1.54, 1.807) is 7.11 Å². The number of esters is 1. The molecule has 0 saturated carbocycles. The molecule has 2 heterocycles. The van der Waals surface area contributed by atoms with Gasteiger partial charge in [-0.2, -0.15) is 0 Å². The molecule has 146 valence electrons. The van der Waals surface area contributed by atoms with Gasteiger partial charge in [-0.1, -0.05) is 11.6 Å². The molecule has 0 aliphatic heterocycles. The molecule has 0 unspecified atom stereocenters. The van der Waals surface area contributed by atoms with E-state index in [1.165, 1.54) is 29.8 Å². The third-order valence-corrected chi connectivity index (χ3v) is 7.71. The van der Waals surface area contributed by atoms with Gasteiger partial charge in [0.1, 0.15) is 15.6 Å². The van der Waals surface area contributed by atoms with Crippen molar-refractivity contribution < 1.29 is 19.1 Å². The molecule has 0 atom stereocenters. The lowest BCUT2D eigenvalue weighted by molar-refractivity contribution is 0.0601. The Morgan fingerprint density at radius 2 is 1.93 bits per heavy atom. The molecule has 1 aliphatic rings. The molecule has 2 aromatic heterocycles. The molecule has 1 aliphatic carbocycles. The van der Waals surface area contributed by atoms with Crippen molar-refractivity contribution in [1.29, 1.82) is 0 Å². The molecule has 5 nitrogen and oxygen atoms in total. The molecule has 0 saturated heterocycles. The molecular weight excluding hydrogens is 418 g/mol. The van der Waals surface area contributed by atoms with Crippen LogP contribution in [0.2, 0.25) is 5.02 Å². The smallest absolute Gasteiger partial charge is 0.341 e. The van der Waals surface area contributed by atoms with Crippen molar-refractivity contribution in [3.8, 4) is 5.75 Å². The number of hydrogen-bond acceptors (Lipinski definition) is 6. The number of carbonyl (C=O) groups is 2. The highest BCUT2D eigenvalue weighted by Crippen LogP contribution is 2.41. The van der Waals surface area contributed by atoms with E-state index in [4.69, 9.17) is 21.1 Å². The zero-order chi connectivity index (χ0) is 19.8. The monoisotopic (exact) mass is 435 g/mol. The lowest BCUT2D eigenvalue weighted by Crippen LogP contribution is -2.14. The summed E-state index contributed by atoms with van der Waals surface area (Å²) in [5.41, 5.74) is 1.49. The van der Waals surface area contributed by atoms with Gasteiger partial charge >= 0.3 is 5.97 Å². The number of amides is 1. The van der Waals surface area contributed by atoms with E-state index >= 15 is 0 Å². The number of aryl methyl sites for hydroxylation is 1. The number of halogens is 1. The molecule has 8 heteroatoms. The largest absolute Gasteiger partial charge is 0.497 e. The van der Waals surface area contributed by atoms with Crippen LogP contribution in [0.1, 0.15) is 43.3 Å². The Balaban J connectivity index is 1.71. The number of ether oxygens (including phenoxy) is 2. The van der Waals surface area contributed by atoms with Crippen LogP contribution in [0.5, 0.6) is 5.75 Å². The van der Waals surface area contributed by atoms with Gasteiger partial charge in [-0.25, -0.2) is 4.79 Å². The van der Waals surface area contributed by atoms with Gasteiger partial charge in [0.15, 0.2) is 0 Å². The molecule has 0 spiro atoms. The number of anilines is 1. The van der Waals surface area contributed by atoms with Crippen molar-refractivity contribution in [2.45, 2.75) is 25.7 Å². The molecule has 28 heavy (non-hydrogen) atoms. The van der Waals surface area contributed by atoms with Crippen molar-refractivity contribution in [2.24, 2.45) is 0 Å². The summed E-state index contributed by atoms with van der Waals surface area (Å²) < 4.78 is 11.1. The number of benzene rings is 1. The van der Waals surface area contributed by atoms with Crippen molar-refractivity contribution in [2.75, 3.05) is 19.5 Å². The van der Waals surface area contributed by atoms with E-state index in [-0.39, 0.29) is 5.91 Å². The second-order valence-electron chi connectivity index (χ2n) is 6.47. The Labute approximate surface area is 175 Å². The van der Waals surface area contributed by atoms with E-state index in [9.17, 15) is 9.59 Å². The quantitative estimate of drug-likeness (QED) is 0.546. The predicted molar refractivity (Wildman–Crippen MR) is 114 cm³/mol. The fraction of sp³-hybridized carbons (Fsp3) is 0.300. The van der Waals surface area contributed by atoms with Crippen LogP contribution in [0.3, 0.4) is 0 Å². The SMILES string of the molecule is COC(=O)c1c(NC(=O)c2sc3ccc(OC)cc3c2Cl)sc2c1CCCC2. The van der Waals surface area contributed by atoms with Crippen LogP contribution in [0, 0.1) is 0 Å². The summed E-state index contributed by atoms with van der Waals surface area (Å²) in [6, 6.07) is 5.53. The Bertz CT molecular complexity index is 1090. The molecule has 1 aromatic carbocycles. The molecule has 0 fully saturated rings. The van der Waals surface area contributed by atoms with Crippen LogP contribution < -0.4 is 10.1 Å². The number of thiophene rings is 2. The zero-order valence-corrected chi connectivity index (χ0v) is 17.8. The average molecular weight is 436 g/mol. The molecule has 4 rings (SSSR count). The summed E-state index contributed by atoms with van der Waals surface area (Å²) >= 11 is 9.25. The van der Waals surface area contributed by atoms with Crippen LogP contribution >= 0.6 is 34.3 Å². The van der Waals surface area contributed by atoms with Gasteiger partial charge in [0.25, 0.3) is 5.91 Å². The summed E-state index contributed by atoms with van der Waals surface area (Å²) in [4.78, 5) is 26.9. The van der Waals surface area contributed by atoms with Gasteiger partial charge in [0, 0.05) is 15.0 Å². The second kappa shape index (κ2) is 7.73. The van der Waals surface area contributed by atoms with E-state index in [0.29, 0.717) is 26.2 Å². The van der Waals surface area contributed by atoms with Gasteiger partial charge in [0.05, 0.1) is 24.8 Å². The summed E-state index contributed by atoms with van der Waals surface area (Å²) in [5, 5.41) is 4.60. The average Bonchev–Trinajstić information content (AvgIpc) is 3.24. The number of rotatable bonds is 4. The summed E-state index contributed by atoms with van der Waals surface area (Å²) in [6.07, 6.45) is 3.87. The van der Waals surface area contributed by atoms with Gasteiger partial charge in [0.2, 0.25) is 0 Å². The van der Waals surface area contributed by atoms with Crippen molar-refractivity contribution in [3.05, 3.63) is 44.1 Å². The fourth-order valence-corrected chi connectivity index (χ4v) is 6.11. The summed E-state index contributed by atoms with van der Waals surface area (Å²) in [5.74, 6) is -0.0612. The van der Waals surface area contributed by atoms with E-state index in [1.807, 2.05) is 18.2 Å². The maximum Gasteiger partial charge on any atom is 0.341 e. The van der Waals surface area contributed by atoms with Crippen LogP contribution in [0.25, 0.3) is 10.1 Å². The lowest BCUT2D eigenvalue weighted by atomic mass is 9.95. The predicted octanol–water partition coefficient (Wildman–Crippen LogP) is 5.54. The van der Waals surface area contributed by atoms with Crippen LogP contribution in [0.15, 0.2) is 18.2 Å². The Kier molecular flexibility index (Phi) is 5.31. The van der Waals surface area contributed by atoms with Gasteiger partial charge in [-0.3, -0.25) is 4.79 Å². The van der Waals surface area contributed by atoms with Gasteiger partial charge in [-0.05, 0) is 49.4 Å². The fourth-order valence-electron chi connectivity index (χ4n) is 3.45. The Hall–Kier alpha value is -2.09. The number of fused-ring (bicyclic) bond motifs is 2. The first kappa shape index (κ1) is 19.2. The molecule has 3 aromatic rings. The highest BCUT2D eigenvalue weighted by atomic mass is 35.5. The highest BCUT2D eigenvalue weighted by molar-refractivity contribution is 7.22. The van der Waals surface area contributed by atoms with Crippen molar-refractivity contribution in [3.63, 3.8) is 0 Å². The summed E-state index contributed by atoms with van der Waals surface area (Å²) in [6.45, 7) is 0. The van der Waals surface area contributed by atoms with Crippen LogP contribution in [-0.2, 0) is 17.6 Å². The molecule has 1 N–H and O–H groups in total. The molecule has 1 amide bonds. The first-order chi connectivity index (χ1) is 13.5. The first-order valence-corrected chi connectivity index (χ1v) is 10.8. The van der Waals surface area contributed by atoms with Crippen molar-refractivity contribution >= 4 is 61.2 Å². The number of hydrogen-bond donors (Lipinski definition) is 1. The third-order valence-electron chi connectivity index (χ3n) is 4.83. The van der Waals surface area contributed by atoms with E-state index in [2.05, 4.69) is 5.32 Å². The Morgan fingerprint density at radius 3 is 2.68 bits per heavy atom. The van der Waals surface area contributed by atoms with Crippen LogP contribution in [0.4, 0.5) is 5.00 Å². The second-order valence-corrected chi connectivity index (χ2v) is 9.00. The zero-order valence-electron chi connectivity index (χ0n) is 15.4. The highest BCUT2D eigenvalue weighted by Gasteiger charge is 2.28. The number of carbonyl (C=O) groups excluding carboxylic acids is 2. The van der Waals surface area contributed by atoms with E-state index in [0.717, 1.165) is 46.2 Å². The maximum atomic E-state index is 13.0. The Morgan fingerprint density at radius 1 is 1.14 bits per heavy atom. The minimum atomic E-state index is -0.415. The standard InChI is InChI=1S/C20H18ClNO4S2/c1-25-10-7-8-14-12(9-10)16(21)17(27-14)18(23)22-19-15(20(24)26-2)11-5-3-4-6-13(11)28-19/h7-9H,3-6H2,1-2H3,(H,22,23). The topological polar surface area (TPSA) is 64.6 Å².